The molecule has 0 aliphatic carbocycles. The molecule has 1 saturated heterocycles. The molecule has 1 aromatic carbocycles. The number of halogens is 1. The molecule has 86 valence electrons. The fourth-order valence-electron chi connectivity index (χ4n) is 2.01. The van der Waals surface area contributed by atoms with Crippen LogP contribution in [0.5, 0.6) is 0 Å². The summed E-state index contributed by atoms with van der Waals surface area (Å²) in [5.41, 5.74) is 7.86. The van der Waals surface area contributed by atoms with Crippen molar-refractivity contribution in [3.63, 3.8) is 0 Å². The molecule has 1 atom stereocenters. The van der Waals surface area contributed by atoms with Crippen LogP contribution in [0.1, 0.15) is 12.0 Å². The molecule has 1 fully saturated rings. The number of carbonyl (C=O) groups excluding carboxylic acids is 1. The SMILES string of the molecule is Cc1cccc(N2CC(CN)CC2=O)c1I. The Morgan fingerprint density at radius 1 is 1.56 bits per heavy atom. The number of hydrogen-bond donors (Lipinski definition) is 1. The topological polar surface area (TPSA) is 46.3 Å². The van der Waals surface area contributed by atoms with E-state index < -0.39 is 0 Å². The zero-order valence-corrected chi connectivity index (χ0v) is 11.4. The summed E-state index contributed by atoms with van der Waals surface area (Å²) in [5.74, 6) is 0.503. The molecule has 1 aromatic rings. The second-order valence-electron chi connectivity index (χ2n) is 4.22. The highest BCUT2D eigenvalue weighted by Gasteiger charge is 2.30. The average Bonchev–Trinajstić information content (AvgIpc) is 2.64. The summed E-state index contributed by atoms with van der Waals surface area (Å²) in [6.45, 7) is 3.41. The van der Waals surface area contributed by atoms with Crippen molar-refractivity contribution in [3.8, 4) is 0 Å². The van der Waals surface area contributed by atoms with Crippen LogP contribution in [0.2, 0.25) is 0 Å². The number of hydrogen-bond acceptors (Lipinski definition) is 2. The summed E-state index contributed by atoms with van der Waals surface area (Å²) in [6, 6.07) is 6.06. The summed E-state index contributed by atoms with van der Waals surface area (Å²) < 4.78 is 1.16. The molecular weight excluding hydrogens is 315 g/mol. The van der Waals surface area contributed by atoms with Crippen LogP contribution in [0.3, 0.4) is 0 Å². The molecule has 3 nitrogen and oxygen atoms in total. The maximum Gasteiger partial charge on any atom is 0.227 e. The van der Waals surface area contributed by atoms with Gasteiger partial charge in [-0.15, -0.1) is 0 Å². The number of nitrogens with two attached hydrogens (primary N) is 1. The van der Waals surface area contributed by atoms with E-state index in [2.05, 4.69) is 35.6 Å². The Bertz CT molecular complexity index is 419. The first kappa shape index (κ1) is 11.9. The predicted molar refractivity (Wildman–Crippen MR) is 73.4 cm³/mol. The third-order valence-corrected chi connectivity index (χ3v) is 4.40. The van der Waals surface area contributed by atoms with Gasteiger partial charge in [-0.25, -0.2) is 0 Å². The molecule has 0 radical (unpaired) electrons. The molecule has 0 saturated carbocycles. The summed E-state index contributed by atoms with van der Waals surface area (Å²) in [7, 11) is 0. The Balaban J connectivity index is 2.31. The second kappa shape index (κ2) is 4.71. The number of anilines is 1. The number of aryl methyl sites for hydroxylation is 1. The molecule has 0 spiro atoms. The van der Waals surface area contributed by atoms with Gasteiger partial charge in [-0.3, -0.25) is 4.79 Å². The van der Waals surface area contributed by atoms with Gasteiger partial charge in [-0.2, -0.15) is 0 Å². The van der Waals surface area contributed by atoms with Crippen molar-refractivity contribution in [1.29, 1.82) is 0 Å². The standard InChI is InChI=1S/C12H15IN2O/c1-8-3-2-4-10(12(8)13)15-7-9(6-14)5-11(15)16/h2-4,9H,5-7,14H2,1H3. The van der Waals surface area contributed by atoms with Crippen molar-refractivity contribution in [3.05, 3.63) is 27.3 Å². The van der Waals surface area contributed by atoms with E-state index in [1.807, 2.05) is 17.0 Å². The van der Waals surface area contributed by atoms with Crippen LogP contribution >= 0.6 is 22.6 Å². The Morgan fingerprint density at radius 2 is 2.31 bits per heavy atom. The fraction of sp³-hybridized carbons (Fsp3) is 0.417. The van der Waals surface area contributed by atoms with Crippen LogP contribution in [0.25, 0.3) is 0 Å². The smallest absolute Gasteiger partial charge is 0.227 e. The van der Waals surface area contributed by atoms with Crippen LogP contribution in [0, 0.1) is 16.4 Å². The quantitative estimate of drug-likeness (QED) is 0.842. The zero-order chi connectivity index (χ0) is 11.7. The third-order valence-electron chi connectivity index (χ3n) is 3.00. The maximum atomic E-state index is 11.9. The lowest BCUT2D eigenvalue weighted by atomic mass is 10.1. The average molecular weight is 330 g/mol. The highest BCUT2D eigenvalue weighted by atomic mass is 127. The van der Waals surface area contributed by atoms with Gasteiger partial charge in [0.1, 0.15) is 0 Å². The summed E-state index contributed by atoms with van der Waals surface area (Å²) in [5, 5.41) is 0. The van der Waals surface area contributed by atoms with Crippen molar-refractivity contribution in [2.75, 3.05) is 18.0 Å². The van der Waals surface area contributed by atoms with E-state index in [0.29, 0.717) is 18.9 Å². The largest absolute Gasteiger partial charge is 0.330 e. The summed E-state index contributed by atoms with van der Waals surface area (Å²) >= 11 is 2.30. The lowest BCUT2D eigenvalue weighted by Crippen LogP contribution is -2.26. The molecule has 1 amide bonds. The minimum Gasteiger partial charge on any atom is -0.330 e. The zero-order valence-electron chi connectivity index (χ0n) is 9.24. The lowest BCUT2D eigenvalue weighted by Gasteiger charge is -2.19. The first-order valence-electron chi connectivity index (χ1n) is 5.39. The third kappa shape index (κ3) is 2.08. The predicted octanol–water partition coefficient (Wildman–Crippen LogP) is 1.91. The number of benzene rings is 1. The minimum atomic E-state index is 0.193. The van der Waals surface area contributed by atoms with Crippen molar-refractivity contribution in [1.82, 2.24) is 0 Å². The number of nitrogens with zero attached hydrogens (tertiary/aromatic N) is 1. The Hall–Kier alpha value is -0.620. The molecule has 4 heteroatoms. The van der Waals surface area contributed by atoms with Crippen LogP contribution in [0.15, 0.2) is 18.2 Å². The summed E-state index contributed by atoms with van der Waals surface area (Å²) in [4.78, 5) is 13.7. The Labute approximate surface area is 109 Å². The van der Waals surface area contributed by atoms with E-state index in [-0.39, 0.29) is 5.91 Å². The fourth-order valence-corrected chi connectivity index (χ4v) is 2.66. The van der Waals surface area contributed by atoms with Crippen molar-refractivity contribution in [2.45, 2.75) is 13.3 Å². The number of rotatable bonds is 2. The van der Waals surface area contributed by atoms with E-state index in [1.54, 1.807) is 0 Å². The molecule has 2 N–H and O–H groups in total. The Kier molecular flexibility index (Phi) is 3.49. The van der Waals surface area contributed by atoms with Crippen molar-refractivity contribution in [2.24, 2.45) is 11.7 Å². The van der Waals surface area contributed by atoms with Gasteiger partial charge in [0.15, 0.2) is 0 Å². The van der Waals surface area contributed by atoms with Gasteiger partial charge in [0.25, 0.3) is 0 Å². The molecular formula is C12H15IN2O. The summed E-state index contributed by atoms with van der Waals surface area (Å²) in [6.07, 6.45) is 0.584. The van der Waals surface area contributed by atoms with Crippen molar-refractivity contribution >= 4 is 34.2 Å². The molecule has 0 aromatic heterocycles. The highest BCUT2D eigenvalue weighted by molar-refractivity contribution is 14.1. The first-order chi connectivity index (χ1) is 7.63. The van der Waals surface area contributed by atoms with Gasteiger partial charge < -0.3 is 10.6 Å². The van der Waals surface area contributed by atoms with Gasteiger partial charge in [0.2, 0.25) is 5.91 Å². The van der Waals surface area contributed by atoms with Gasteiger partial charge in [0, 0.05) is 16.5 Å². The first-order valence-corrected chi connectivity index (χ1v) is 6.47. The molecule has 1 heterocycles. The van der Waals surface area contributed by atoms with E-state index in [1.165, 1.54) is 5.56 Å². The second-order valence-corrected chi connectivity index (χ2v) is 5.30. The lowest BCUT2D eigenvalue weighted by molar-refractivity contribution is -0.117. The van der Waals surface area contributed by atoms with Crippen LogP contribution in [0.4, 0.5) is 5.69 Å². The monoisotopic (exact) mass is 330 g/mol. The van der Waals surface area contributed by atoms with Gasteiger partial charge >= 0.3 is 0 Å². The van der Waals surface area contributed by atoms with Gasteiger partial charge in [0.05, 0.1) is 5.69 Å². The van der Waals surface area contributed by atoms with E-state index >= 15 is 0 Å². The number of carbonyl (C=O) groups is 1. The molecule has 1 aliphatic rings. The van der Waals surface area contributed by atoms with E-state index in [9.17, 15) is 4.79 Å². The van der Waals surface area contributed by atoms with Crippen LogP contribution in [-0.4, -0.2) is 19.0 Å². The van der Waals surface area contributed by atoms with Gasteiger partial charge in [-0.05, 0) is 53.6 Å². The molecule has 0 bridgehead atoms. The van der Waals surface area contributed by atoms with Gasteiger partial charge in [-0.1, -0.05) is 12.1 Å². The van der Waals surface area contributed by atoms with Crippen LogP contribution < -0.4 is 10.6 Å². The normalized spacial score (nSPS) is 20.6. The molecule has 1 unspecified atom stereocenters. The Morgan fingerprint density at radius 3 is 2.94 bits per heavy atom. The minimum absolute atomic E-state index is 0.193. The number of amides is 1. The molecule has 1 aliphatic heterocycles. The molecule has 2 rings (SSSR count). The van der Waals surface area contributed by atoms with E-state index in [4.69, 9.17) is 5.73 Å². The van der Waals surface area contributed by atoms with Crippen molar-refractivity contribution < 1.29 is 4.79 Å². The highest BCUT2D eigenvalue weighted by Crippen LogP contribution is 2.30. The van der Waals surface area contributed by atoms with E-state index in [0.717, 1.165) is 15.8 Å². The van der Waals surface area contributed by atoms with Crippen LogP contribution in [-0.2, 0) is 4.79 Å². The molecule has 16 heavy (non-hydrogen) atoms. The maximum absolute atomic E-state index is 11.9.